The molecule has 2 atom stereocenters. The fraction of sp³-hybridized carbons (Fsp3) is 0.111. The van der Waals surface area contributed by atoms with Crippen LogP contribution in [0.25, 0.3) is 33.7 Å². The molecule has 5 aromatic carbocycles. The van der Waals surface area contributed by atoms with Crippen LogP contribution in [0.2, 0.25) is 0 Å². The molecule has 0 fully saturated rings. The van der Waals surface area contributed by atoms with Crippen molar-refractivity contribution in [2.45, 2.75) is 12.3 Å². The highest BCUT2D eigenvalue weighted by Gasteiger charge is 2.44. The zero-order chi connectivity index (χ0) is 26.3. The zero-order valence-electron chi connectivity index (χ0n) is 21.4. The first-order chi connectivity index (χ1) is 19.0. The molecule has 5 aromatic rings. The second-order valence-electron chi connectivity index (χ2n) is 11.0. The smallest absolute Gasteiger partial charge is 0.132 e. The van der Waals surface area contributed by atoms with Gasteiger partial charge in [0.2, 0.25) is 0 Å². The second kappa shape index (κ2) is 7.87. The Balaban J connectivity index is 1.47. The van der Waals surface area contributed by atoms with Crippen LogP contribution in [0, 0.1) is 11.8 Å². The van der Waals surface area contributed by atoms with Gasteiger partial charge in [0.25, 0.3) is 0 Å². The number of phenolic OH excluding ortho intramolecular Hbond substituents is 2. The third kappa shape index (κ3) is 3.17. The van der Waals surface area contributed by atoms with E-state index in [9.17, 15) is 10.2 Å². The fourth-order valence-corrected chi connectivity index (χ4v) is 6.91. The molecule has 0 bridgehead atoms. The van der Waals surface area contributed by atoms with Crippen LogP contribution in [0.5, 0.6) is 23.0 Å². The lowest BCUT2D eigenvalue weighted by Gasteiger charge is -2.42. The van der Waals surface area contributed by atoms with Gasteiger partial charge in [-0.2, -0.15) is 0 Å². The minimum absolute atomic E-state index is 0.221. The quantitative estimate of drug-likeness (QED) is 0.262. The molecule has 0 amide bonds. The molecule has 2 aliphatic carbocycles. The number of allylic oxidation sites excluding steroid dienone is 4. The molecule has 1 heterocycles. The highest BCUT2D eigenvalue weighted by Crippen LogP contribution is 2.57. The molecular formula is C36H26O3. The van der Waals surface area contributed by atoms with Crippen molar-refractivity contribution in [1.29, 1.82) is 0 Å². The summed E-state index contributed by atoms with van der Waals surface area (Å²) in [6, 6.07) is 27.8. The molecule has 2 N–H and O–H groups in total. The average molecular weight is 507 g/mol. The number of rotatable bonds is 1. The number of benzene rings is 5. The van der Waals surface area contributed by atoms with Crippen LogP contribution in [-0.4, -0.2) is 10.2 Å². The van der Waals surface area contributed by atoms with E-state index in [2.05, 4.69) is 61.6 Å². The van der Waals surface area contributed by atoms with E-state index in [-0.39, 0.29) is 17.4 Å². The normalized spacial score (nSPS) is 20.0. The summed E-state index contributed by atoms with van der Waals surface area (Å²) >= 11 is 0. The van der Waals surface area contributed by atoms with Crippen LogP contribution in [0.4, 0.5) is 0 Å². The minimum Gasteiger partial charge on any atom is -0.508 e. The standard InChI is InChI=1S/C36H26O3/c1-36(27-11-6-25-16-23-4-2-3-5-24(23)17-26(25)18-27)34-30-19-28(37)12-7-21(30)9-14-32(34)39-33-15-10-22-8-13-29(38)20-31(22)35(33)36/h2-20,25-26,37-38H,1H3. The van der Waals surface area contributed by atoms with Crippen LogP contribution in [0.1, 0.15) is 18.1 Å². The number of hydrogen-bond acceptors (Lipinski definition) is 3. The molecule has 0 saturated carbocycles. The third-order valence-electron chi connectivity index (χ3n) is 8.79. The fourth-order valence-electron chi connectivity index (χ4n) is 6.91. The predicted octanol–water partition coefficient (Wildman–Crippen LogP) is 6.82. The highest BCUT2D eigenvalue weighted by atomic mass is 16.5. The van der Waals surface area contributed by atoms with Gasteiger partial charge in [0.15, 0.2) is 0 Å². The van der Waals surface area contributed by atoms with Crippen LogP contribution in [0.3, 0.4) is 0 Å². The van der Waals surface area contributed by atoms with Crippen molar-refractivity contribution >= 4 is 33.7 Å². The summed E-state index contributed by atoms with van der Waals surface area (Å²) in [6.07, 6.45) is 11.7. The molecule has 0 spiro atoms. The van der Waals surface area contributed by atoms with E-state index in [0.29, 0.717) is 5.92 Å². The van der Waals surface area contributed by atoms with Crippen molar-refractivity contribution in [2.75, 3.05) is 0 Å². The molecule has 0 aromatic heterocycles. The largest absolute Gasteiger partial charge is 0.508 e. The summed E-state index contributed by atoms with van der Waals surface area (Å²) in [7, 11) is 0. The maximum atomic E-state index is 10.6. The van der Waals surface area contributed by atoms with Crippen molar-refractivity contribution in [2.24, 2.45) is 11.8 Å². The summed E-state index contributed by atoms with van der Waals surface area (Å²) < 4.78 is 6.58. The lowest BCUT2D eigenvalue weighted by atomic mass is 9.64. The van der Waals surface area contributed by atoms with Crippen molar-refractivity contribution in [3.63, 3.8) is 0 Å². The lowest BCUT2D eigenvalue weighted by Crippen LogP contribution is -2.35. The number of phenols is 2. The minimum atomic E-state index is -0.615. The summed E-state index contributed by atoms with van der Waals surface area (Å²) in [4.78, 5) is 0. The molecule has 188 valence electrons. The van der Waals surface area contributed by atoms with Crippen molar-refractivity contribution in [3.8, 4) is 23.0 Å². The van der Waals surface area contributed by atoms with Crippen LogP contribution in [-0.2, 0) is 5.41 Å². The Morgan fingerprint density at radius 1 is 0.641 bits per heavy atom. The van der Waals surface area contributed by atoms with Crippen LogP contribution < -0.4 is 15.2 Å². The molecule has 2 unspecified atom stereocenters. The van der Waals surface area contributed by atoms with E-state index in [1.807, 2.05) is 48.5 Å². The molecule has 3 aliphatic rings. The topological polar surface area (TPSA) is 49.7 Å². The van der Waals surface area contributed by atoms with Crippen LogP contribution in [0.15, 0.2) is 109 Å². The molecule has 1 aliphatic heterocycles. The first kappa shape index (κ1) is 22.2. The van der Waals surface area contributed by atoms with Gasteiger partial charge < -0.3 is 14.9 Å². The molecule has 0 radical (unpaired) electrons. The molecule has 39 heavy (non-hydrogen) atoms. The first-order valence-electron chi connectivity index (χ1n) is 13.4. The Kier molecular flexibility index (Phi) is 4.49. The first-order valence-corrected chi connectivity index (χ1v) is 13.4. The van der Waals surface area contributed by atoms with Crippen molar-refractivity contribution < 1.29 is 14.9 Å². The number of fused-ring (bicyclic) bond motifs is 8. The Labute approximate surface area is 225 Å². The molecular weight excluding hydrogens is 480 g/mol. The van der Waals surface area contributed by atoms with Gasteiger partial charge in [-0.3, -0.25) is 0 Å². The van der Waals surface area contributed by atoms with Gasteiger partial charge in [-0.05, 0) is 80.9 Å². The third-order valence-corrected chi connectivity index (χ3v) is 8.79. The van der Waals surface area contributed by atoms with E-state index in [1.54, 1.807) is 12.1 Å². The van der Waals surface area contributed by atoms with E-state index < -0.39 is 5.41 Å². The molecule has 0 saturated heterocycles. The van der Waals surface area contributed by atoms with E-state index in [1.165, 1.54) is 16.0 Å². The Morgan fingerprint density at radius 2 is 1.18 bits per heavy atom. The summed E-state index contributed by atoms with van der Waals surface area (Å²) in [6.45, 7) is 2.26. The summed E-state index contributed by atoms with van der Waals surface area (Å²) in [5.74, 6) is 2.52. The van der Waals surface area contributed by atoms with Gasteiger partial charge in [-0.25, -0.2) is 0 Å². The van der Waals surface area contributed by atoms with Gasteiger partial charge in [0.1, 0.15) is 23.0 Å². The second-order valence-corrected chi connectivity index (χ2v) is 11.0. The number of ether oxygens (including phenoxy) is 1. The van der Waals surface area contributed by atoms with E-state index >= 15 is 0 Å². The van der Waals surface area contributed by atoms with E-state index in [0.717, 1.165) is 44.2 Å². The van der Waals surface area contributed by atoms with Crippen LogP contribution >= 0.6 is 0 Å². The van der Waals surface area contributed by atoms with Gasteiger partial charge >= 0.3 is 0 Å². The monoisotopic (exact) mass is 506 g/mol. The molecule has 3 nitrogen and oxygen atoms in total. The Bertz CT molecular complexity index is 1960. The average Bonchev–Trinajstić information content (AvgIpc) is 2.95. The summed E-state index contributed by atoms with van der Waals surface area (Å²) in [5.41, 5.74) is 2.60. The maximum absolute atomic E-state index is 10.6. The van der Waals surface area contributed by atoms with Gasteiger partial charge in [-0.15, -0.1) is 0 Å². The van der Waals surface area contributed by atoms with Crippen molar-refractivity contribution in [3.05, 3.63) is 130 Å². The van der Waals surface area contributed by atoms with Gasteiger partial charge in [0, 0.05) is 23.0 Å². The van der Waals surface area contributed by atoms with Gasteiger partial charge in [-0.1, -0.05) is 78.9 Å². The molecule has 8 rings (SSSR count). The molecule has 3 heteroatoms. The maximum Gasteiger partial charge on any atom is 0.132 e. The number of hydrogen-bond donors (Lipinski definition) is 2. The SMILES string of the molecule is CC1(C2=CC3C=c4ccccc4=CC3C=C2)c2c(ccc3ccc(O)cc23)Oc2ccc3ccc(O)cc3c21. The number of aromatic hydroxyl groups is 2. The Hall–Kier alpha value is -4.76. The predicted molar refractivity (Wildman–Crippen MR) is 157 cm³/mol. The lowest BCUT2D eigenvalue weighted by molar-refractivity contribution is 0.430. The van der Waals surface area contributed by atoms with E-state index in [4.69, 9.17) is 4.74 Å². The van der Waals surface area contributed by atoms with Crippen molar-refractivity contribution in [1.82, 2.24) is 0 Å². The van der Waals surface area contributed by atoms with Gasteiger partial charge in [0.05, 0.1) is 5.41 Å². The zero-order valence-corrected chi connectivity index (χ0v) is 21.4. The summed E-state index contributed by atoms with van der Waals surface area (Å²) in [5, 5.41) is 27.6. The Morgan fingerprint density at radius 3 is 1.77 bits per heavy atom. The highest BCUT2D eigenvalue weighted by molar-refractivity contribution is 5.97.